The molecule has 0 aliphatic heterocycles. The summed E-state index contributed by atoms with van der Waals surface area (Å²) in [5, 5.41) is 10.7. The van der Waals surface area contributed by atoms with Gasteiger partial charge in [0, 0.05) is 0 Å². The summed E-state index contributed by atoms with van der Waals surface area (Å²) in [4.78, 5) is 4.71. The molecule has 0 fully saturated rings. The maximum absolute atomic E-state index is 9.56. The highest BCUT2D eigenvalue weighted by Gasteiger charge is 2.15. The molecular weight excluding hydrogens is 338 g/mol. The molecule has 0 amide bonds. The molecule has 128 valence electrons. The third-order valence-corrected chi connectivity index (χ3v) is 5.64. The van der Waals surface area contributed by atoms with Crippen molar-refractivity contribution in [2.75, 3.05) is 5.75 Å². The van der Waals surface area contributed by atoms with Crippen molar-refractivity contribution >= 4 is 28.4 Å². The van der Waals surface area contributed by atoms with E-state index in [1.54, 1.807) is 0 Å². The number of benzene rings is 2. The summed E-state index contributed by atoms with van der Waals surface area (Å²) in [5.41, 5.74) is 5.78. The Labute approximate surface area is 157 Å². The average Bonchev–Trinajstić information content (AvgIpc) is 3.05. The number of imidazole rings is 1. The molecule has 2 aromatic carbocycles. The standard InChI is InChI=1S/C22H19N3S/c1-16-14-21(26-13-7-10-17-8-3-2-4-9-17)25-20-12-6-5-11-19(20)24-22(25)18(16)15-23/h2-6,8-9,11-12,14H,7,10,13H2,1H3. The average molecular weight is 357 g/mol. The molecule has 0 saturated heterocycles. The maximum atomic E-state index is 9.56. The van der Waals surface area contributed by atoms with Gasteiger partial charge in [0.2, 0.25) is 0 Å². The van der Waals surface area contributed by atoms with E-state index >= 15 is 0 Å². The van der Waals surface area contributed by atoms with Gasteiger partial charge in [0.1, 0.15) is 6.07 Å². The quantitative estimate of drug-likeness (QED) is 0.355. The zero-order valence-corrected chi connectivity index (χ0v) is 15.5. The van der Waals surface area contributed by atoms with E-state index in [1.165, 1.54) is 5.56 Å². The monoisotopic (exact) mass is 357 g/mol. The molecular formula is C22H19N3S. The first kappa shape index (κ1) is 16.7. The van der Waals surface area contributed by atoms with Gasteiger partial charge in [-0.3, -0.25) is 4.40 Å². The number of aromatic nitrogens is 2. The lowest BCUT2D eigenvalue weighted by Gasteiger charge is -2.10. The van der Waals surface area contributed by atoms with Crippen LogP contribution in [0.5, 0.6) is 0 Å². The Morgan fingerprint density at radius 2 is 1.85 bits per heavy atom. The zero-order valence-electron chi connectivity index (χ0n) is 14.6. The number of hydrogen-bond donors (Lipinski definition) is 0. The van der Waals surface area contributed by atoms with Gasteiger partial charge in [-0.25, -0.2) is 4.98 Å². The van der Waals surface area contributed by atoms with Gasteiger partial charge in [0.05, 0.1) is 21.6 Å². The van der Waals surface area contributed by atoms with Crippen LogP contribution >= 0.6 is 11.8 Å². The van der Waals surface area contributed by atoms with Gasteiger partial charge in [-0.05, 0) is 54.8 Å². The van der Waals surface area contributed by atoms with Crippen LogP contribution in [-0.4, -0.2) is 15.1 Å². The van der Waals surface area contributed by atoms with E-state index in [0.717, 1.165) is 45.9 Å². The Morgan fingerprint density at radius 3 is 2.65 bits per heavy atom. The molecule has 0 radical (unpaired) electrons. The minimum Gasteiger partial charge on any atom is -0.286 e. The fourth-order valence-corrected chi connectivity index (χ4v) is 4.33. The molecule has 0 N–H and O–H groups in total. The molecule has 26 heavy (non-hydrogen) atoms. The van der Waals surface area contributed by atoms with Crippen molar-refractivity contribution in [3.8, 4) is 6.07 Å². The largest absolute Gasteiger partial charge is 0.286 e. The number of thioether (sulfide) groups is 1. The molecule has 0 bridgehead atoms. The van der Waals surface area contributed by atoms with E-state index in [1.807, 2.05) is 36.9 Å². The Bertz CT molecular complexity index is 1110. The van der Waals surface area contributed by atoms with Crippen molar-refractivity contribution in [2.24, 2.45) is 0 Å². The minimum atomic E-state index is 0.662. The van der Waals surface area contributed by atoms with E-state index in [-0.39, 0.29) is 0 Å². The molecule has 0 aliphatic rings. The molecule has 3 nitrogen and oxygen atoms in total. The second kappa shape index (κ2) is 7.23. The normalized spacial score (nSPS) is 11.1. The molecule has 0 saturated carbocycles. The van der Waals surface area contributed by atoms with Crippen molar-refractivity contribution in [3.05, 3.63) is 77.4 Å². The van der Waals surface area contributed by atoms with Crippen LogP contribution in [0, 0.1) is 18.3 Å². The third kappa shape index (κ3) is 3.07. The number of rotatable bonds is 5. The number of hydrogen-bond acceptors (Lipinski definition) is 3. The Morgan fingerprint density at radius 1 is 1.08 bits per heavy atom. The van der Waals surface area contributed by atoms with E-state index in [9.17, 15) is 5.26 Å². The van der Waals surface area contributed by atoms with Crippen LogP contribution in [0.3, 0.4) is 0 Å². The first-order chi connectivity index (χ1) is 12.8. The lowest BCUT2D eigenvalue weighted by Crippen LogP contribution is -1.98. The van der Waals surface area contributed by atoms with Crippen LogP contribution in [0.4, 0.5) is 0 Å². The van der Waals surface area contributed by atoms with E-state index in [0.29, 0.717) is 5.56 Å². The predicted molar refractivity (Wildman–Crippen MR) is 108 cm³/mol. The fraction of sp³-hybridized carbons (Fsp3) is 0.182. The second-order valence-corrected chi connectivity index (χ2v) is 7.46. The number of nitriles is 1. The molecule has 4 heteroatoms. The maximum Gasteiger partial charge on any atom is 0.157 e. The number of aryl methyl sites for hydroxylation is 2. The van der Waals surface area contributed by atoms with E-state index in [4.69, 9.17) is 4.98 Å². The Hall–Kier alpha value is -2.77. The highest BCUT2D eigenvalue weighted by atomic mass is 32.2. The number of pyridine rings is 1. The van der Waals surface area contributed by atoms with E-state index in [2.05, 4.69) is 52.9 Å². The summed E-state index contributed by atoms with van der Waals surface area (Å²) in [7, 11) is 0. The van der Waals surface area contributed by atoms with Crippen molar-refractivity contribution in [1.29, 1.82) is 5.26 Å². The molecule has 4 rings (SSSR count). The minimum absolute atomic E-state index is 0.662. The van der Waals surface area contributed by atoms with Gasteiger partial charge in [0.25, 0.3) is 0 Å². The second-order valence-electron chi connectivity index (χ2n) is 6.35. The lowest BCUT2D eigenvalue weighted by molar-refractivity contribution is 0.928. The van der Waals surface area contributed by atoms with Crippen LogP contribution in [0.15, 0.2) is 65.7 Å². The van der Waals surface area contributed by atoms with Gasteiger partial charge in [0.15, 0.2) is 5.65 Å². The van der Waals surface area contributed by atoms with Gasteiger partial charge in [-0.15, -0.1) is 11.8 Å². The van der Waals surface area contributed by atoms with Gasteiger partial charge < -0.3 is 0 Å². The van der Waals surface area contributed by atoms with Crippen molar-refractivity contribution in [2.45, 2.75) is 24.8 Å². The smallest absolute Gasteiger partial charge is 0.157 e. The van der Waals surface area contributed by atoms with Crippen molar-refractivity contribution in [3.63, 3.8) is 0 Å². The van der Waals surface area contributed by atoms with Crippen LogP contribution < -0.4 is 0 Å². The summed E-state index contributed by atoms with van der Waals surface area (Å²) < 4.78 is 2.13. The highest BCUT2D eigenvalue weighted by Crippen LogP contribution is 2.29. The topological polar surface area (TPSA) is 41.1 Å². The van der Waals surface area contributed by atoms with Gasteiger partial charge in [-0.1, -0.05) is 42.5 Å². The highest BCUT2D eigenvalue weighted by molar-refractivity contribution is 7.99. The zero-order chi connectivity index (χ0) is 17.9. The molecule has 0 aliphatic carbocycles. The Kier molecular flexibility index (Phi) is 4.64. The predicted octanol–water partition coefficient (Wildman–Crippen LogP) is 5.39. The summed E-state index contributed by atoms with van der Waals surface area (Å²) >= 11 is 1.84. The first-order valence-corrected chi connectivity index (χ1v) is 9.74. The molecule has 0 unspecified atom stereocenters. The third-order valence-electron chi connectivity index (χ3n) is 4.55. The summed E-state index contributed by atoms with van der Waals surface area (Å²) in [6.07, 6.45) is 2.19. The summed E-state index contributed by atoms with van der Waals surface area (Å²) in [5.74, 6) is 1.03. The Balaban J connectivity index is 1.65. The molecule has 2 heterocycles. The summed E-state index contributed by atoms with van der Waals surface area (Å²) in [6, 6.07) is 23.1. The fourth-order valence-electron chi connectivity index (χ4n) is 3.26. The SMILES string of the molecule is Cc1cc(SCCCc2ccccc2)n2c(nc3ccccc32)c1C#N. The number of para-hydroxylation sites is 2. The molecule has 4 aromatic rings. The van der Waals surface area contributed by atoms with Crippen LogP contribution in [0.1, 0.15) is 23.1 Å². The van der Waals surface area contributed by atoms with Crippen LogP contribution in [0.2, 0.25) is 0 Å². The van der Waals surface area contributed by atoms with Crippen molar-refractivity contribution < 1.29 is 0 Å². The van der Waals surface area contributed by atoms with Gasteiger partial charge in [-0.2, -0.15) is 5.26 Å². The van der Waals surface area contributed by atoms with Crippen molar-refractivity contribution in [1.82, 2.24) is 9.38 Å². The van der Waals surface area contributed by atoms with Crippen LogP contribution in [-0.2, 0) is 6.42 Å². The number of nitrogens with zero attached hydrogens (tertiary/aromatic N) is 3. The molecule has 0 atom stereocenters. The first-order valence-electron chi connectivity index (χ1n) is 8.75. The number of fused-ring (bicyclic) bond motifs is 3. The molecule has 2 aromatic heterocycles. The molecule has 0 spiro atoms. The van der Waals surface area contributed by atoms with Gasteiger partial charge >= 0.3 is 0 Å². The lowest BCUT2D eigenvalue weighted by atomic mass is 10.1. The van der Waals surface area contributed by atoms with Crippen LogP contribution in [0.25, 0.3) is 16.7 Å². The summed E-state index contributed by atoms with van der Waals surface area (Å²) in [6.45, 7) is 1.99. The van der Waals surface area contributed by atoms with E-state index < -0.39 is 0 Å².